The molecule has 2 aromatic heterocycles. The third-order valence-corrected chi connectivity index (χ3v) is 5.02. The Bertz CT molecular complexity index is 781. The molecule has 0 radical (unpaired) electrons. The van der Waals surface area contributed by atoms with Gasteiger partial charge in [-0.05, 0) is 26.3 Å². The van der Waals surface area contributed by atoms with Crippen LogP contribution in [0.25, 0.3) is 0 Å². The monoisotopic (exact) mass is 356 g/mol. The minimum Gasteiger partial charge on any atom is -0.378 e. The number of rotatable bonds is 3. The van der Waals surface area contributed by atoms with E-state index in [0.29, 0.717) is 31.3 Å². The van der Waals surface area contributed by atoms with Crippen LogP contribution in [0.1, 0.15) is 34.2 Å². The second-order valence-corrected chi connectivity index (χ2v) is 6.94. The van der Waals surface area contributed by atoms with Gasteiger partial charge in [-0.3, -0.25) is 9.48 Å². The summed E-state index contributed by atoms with van der Waals surface area (Å²) in [7, 11) is 0. The lowest BCUT2D eigenvalue weighted by Crippen LogP contribution is -2.37. The van der Waals surface area contributed by atoms with E-state index in [2.05, 4.69) is 33.0 Å². The molecule has 138 valence electrons. The van der Waals surface area contributed by atoms with Gasteiger partial charge in [0.1, 0.15) is 0 Å². The SMILES string of the molecule is Cc1cc(C)n([C@H]2CCN(C(=O)c3cnc(N4CCOCC4)nc3)C2)n1. The maximum Gasteiger partial charge on any atom is 0.257 e. The van der Waals surface area contributed by atoms with Crippen molar-refractivity contribution in [3.8, 4) is 0 Å². The summed E-state index contributed by atoms with van der Waals surface area (Å²) >= 11 is 0. The van der Waals surface area contributed by atoms with Gasteiger partial charge in [-0.15, -0.1) is 0 Å². The molecule has 1 atom stereocenters. The van der Waals surface area contributed by atoms with Crippen LogP contribution in [0.5, 0.6) is 0 Å². The summed E-state index contributed by atoms with van der Waals surface area (Å²) in [6, 6.07) is 2.31. The lowest BCUT2D eigenvalue weighted by atomic mass is 10.2. The smallest absolute Gasteiger partial charge is 0.257 e. The van der Waals surface area contributed by atoms with Crippen molar-refractivity contribution in [2.24, 2.45) is 0 Å². The topological polar surface area (TPSA) is 76.4 Å². The zero-order valence-electron chi connectivity index (χ0n) is 15.3. The molecule has 0 spiro atoms. The van der Waals surface area contributed by atoms with E-state index in [1.165, 1.54) is 0 Å². The third kappa shape index (κ3) is 3.29. The minimum absolute atomic E-state index is 0.0115. The predicted molar refractivity (Wildman–Crippen MR) is 96.3 cm³/mol. The molecule has 2 aliphatic heterocycles. The number of nitrogens with zero attached hydrogens (tertiary/aromatic N) is 6. The molecule has 0 N–H and O–H groups in total. The molecule has 2 fully saturated rings. The summed E-state index contributed by atoms with van der Waals surface area (Å²) in [5.41, 5.74) is 2.69. The highest BCUT2D eigenvalue weighted by Crippen LogP contribution is 2.24. The molecule has 8 nitrogen and oxygen atoms in total. The average molecular weight is 356 g/mol. The molecule has 2 aromatic rings. The molecule has 26 heavy (non-hydrogen) atoms. The van der Waals surface area contributed by atoms with E-state index >= 15 is 0 Å². The van der Waals surface area contributed by atoms with Crippen molar-refractivity contribution in [1.29, 1.82) is 0 Å². The number of aromatic nitrogens is 4. The fourth-order valence-electron chi connectivity index (χ4n) is 3.68. The first-order chi connectivity index (χ1) is 12.6. The van der Waals surface area contributed by atoms with Gasteiger partial charge in [0, 0.05) is 44.3 Å². The molecule has 0 aliphatic carbocycles. The van der Waals surface area contributed by atoms with Crippen LogP contribution in [0.2, 0.25) is 0 Å². The average Bonchev–Trinajstić information content (AvgIpc) is 3.28. The number of aryl methyl sites for hydroxylation is 2. The maximum atomic E-state index is 12.8. The number of ether oxygens (including phenoxy) is 1. The molecule has 2 aliphatic rings. The number of likely N-dealkylation sites (tertiary alicyclic amines) is 1. The van der Waals surface area contributed by atoms with Crippen molar-refractivity contribution in [3.63, 3.8) is 0 Å². The summed E-state index contributed by atoms with van der Waals surface area (Å²) in [5.74, 6) is 0.648. The predicted octanol–water partition coefficient (Wildman–Crippen LogP) is 1.21. The highest BCUT2D eigenvalue weighted by Gasteiger charge is 2.29. The Labute approximate surface area is 152 Å². The number of hydrogen-bond donors (Lipinski definition) is 0. The van der Waals surface area contributed by atoms with Crippen molar-refractivity contribution in [2.45, 2.75) is 26.3 Å². The fourth-order valence-corrected chi connectivity index (χ4v) is 3.68. The Morgan fingerprint density at radius 3 is 2.54 bits per heavy atom. The van der Waals surface area contributed by atoms with Crippen molar-refractivity contribution < 1.29 is 9.53 Å². The Kier molecular flexibility index (Phi) is 4.58. The van der Waals surface area contributed by atoms with E-state index in [1.54, 1.807) is 12.4 Å². The Morgan fingerprint density at radius 1 is 1.15 bits per heavy atom. The Hall–Kier alpha value is -2.48. The molecular formula is C18H24N6O2. The molecule has 4 heterocycles. The van der Waals surface area contributed by atoms with Gasteiger partial charge in [0.25, 0.3) is 5.91 Å². The van der Waals surface area contributed by atoms with E-state index in [4.69, 9.17) is 4.74 Å². The number of hydrogen-bond acceptors (Lipinski definition) is 6. The molecule has 2 saturated heterocycles. The summed E-state index contributed by atoms with van der Waals surface area (Å²) in [6.07, 6.45) is 4.19. The summed E-state index contributed by atoms with van der Waals surface area (Å²) in [5, 5.41) is 4.56. The second-order valence-electron chi connectivity index (χ2n) is 6.94. The zero-order valence-corrected chi connectivity index (χ0v) is 15.3. The second kappa shape index (κ2) is 7.03. The van der Waals surface area contributed by atoms with Gasteiger partial charge in [0.15, 0.2) is 0 Å². The normalized spacial score (nSPS) is 20.6. The highest BCUT2D eigenvalue weighted by atomic mass is 16.5. The van der Waals surface area contributed by atoms with Gasteiger partial charge in [-0.2, -0.15) is 5.10 Å². The standard InChI is InChI=1S/C18H24N6O2/c1-13-9-14(2)24(21-13)16-3-4-23(12-16)17(25)15-10-19-18(20-11-15)22-5-7-26-8-6-22/h9-11,16H,3-8,12H2,1-2H3/t16-/m0/s1. The van der Waals surface area contributed by atoms with E-state index in [0.717, 1.165) is 37.4 Å². The molecule has 0 bridgehead atoms. The summed E-state index contributed by atoms with van der Waals surface area (Å²) in [4.78, 5) is 25.5. The first-order valence-electron chi connectivity index (χ1n) is 9.08. The van der Waals surface area contributed by atoms with Crippen LogP contribution in [-0.4, -0.2) is 69.9 Å². The number of morpholine rings is 1. The molecule has 0 aromatic carbocycles. The number of carbonyl (C=O) groups excluding carboxylic acids is 1. The minimum atomic E-state index is -0.0115. The molecule has 0 unspecified atom stereocenters. The zero-order chi connectivity index (χ0) is 18.1. The van der Waals surface area contributed by atoms with Crippen molar-refractivity contribution >= 4 is 11.9 Å². The van der Waals surface area contributed by atoms with Crippen molar-refractivity contribution in [3.05, 3.63) is 35.4 Å². The lowest BCUT2D eigenvalue weighted by Gasteiger charge is -2.26. The quantitative estimate of drug-likeness (QED) is 0.823. The van der Waals surface area contributed by atoms with Crippen molar-refractivity contribution in [2.75, 3.05) is 44.3 Å². The largest absolute Gasteiger partial charge is 0.378 e. The van der Waals surface area contributed by atoms with Gasteiger partial charge in [0.2, 0.25) is 5.95 Å². The summed E-state index contributed by atoms with van der Waals surface area (Å²) < 4.78 is 7.38. The van der Waals surface area contributed by atoms with Crippen LogP contribution in [0.15, 0.2) is 18.5 Å². The highest BCUT2D eigenvalue weighted by molar-refractivity contribution is 5.93. The first kappa shape index (κ1) is 17.0. The molecule has 1 amide bonds. The molecule has 0 saturated carbocycles. The summed E-state index contributed by atoms with van der Waals surface area (Å²) in [6.45, 7) is 8.39. The van der Waals surface area contributed by atoms with Crippen LogP contribution in [0.3, 0.4) is 0 Å². The Balaban J connectivity index is 1.42. The maximum absolute atomic E-state index is 12.8. The van der Waals surface area contributed by atoms with Gasteiger partial charge in [-0.1, -0.05) is 0 Å². The van der Waals surface area contributed by atoms with Gasteiger partial charge >= 0.3 is 0 Å². The van der Waals surface area contributed by atoms with E-state index in [9.17, 15) is 4.79 Å². The number of anilines is 1. The Morgan fingerprint density at radius 2 is 1.88 bits per heavy atom. The van der Waals surface area contributed by atoms with Gasteiger partial charge in [-0.25, -0.2) is 9.97 Å². The molecular weight excluding hydrogens is 332 g/mol. The first-order valence-corrected chi connectivity index (χ1v) is 9.08. The van der Waals surface area contributed by atoms with Gasteiger partial charge in [0.05, 0.1) is 30.5 Å². The van der Waals surface area contributed by atoms with Crippen LogP contribution in [0, 0.1) is 13.8 Å². The number of amides is 1. The van der Waals surface area contributed by atoms with E-state index in [-0.39, 0.29) is 11.9 Å². The van der Waals surface area contributed by atoms with Crippen LogP contribution >= 0.6 is 0 Å². The molecule has 4 rings (SSSR count). The van der Waals surface area contributed by atoms with Crippen LogP contribution < -0.4 is 4.90 Å². The molecule has 8 heteroatoms. The van der Waals surface area contributed by atoms with Gasteiger partial charge < -0.3 is 14.5 Å². The lowest BCUT2D eigenvalue weighted by molar-refractivity contribution is 0.0786. The van der Waals surface area contributed by atoms with E-state index in [1.807, 2.05) is 16.5 Å². The third-order valence-electron chi connectivity index (χ3n) is 5.02. The number of carbonyl (C=O) groups is 1. The van der Waals surface area contributed by atoms with Crippen LogP contribution in [-0.2, 0) is 4.74 Å². The van der Waals surface area contributed by atoms with E-state index < -0.39 is 0 Å². The van der Waals surface area contributed by atoms with Crippen LogP contribution in [0.4, 0.5) is 5.95 Å². The fraction of sp³-hybridized carbons (Fsp3) is 0.556. The van der Waals surface area contributed by atoms with Crippen molar-refractivity contribution in [1.82, 2.24) is 24.6 Å².